The molecule has 3 heteroatoms. The second kappa shape index (κ2) is 6.87. The van der Waals surface area contributed by atoms with Gasteiger partial charge in [-0.25, -0.2) is 0 Å². The molecule has 0 spiro atoms. The van der Waals surface area contributed by atoms with Crippen LogP contribution in [0, 0.1) is 6.92 Å². The van der Waals surface area contributed by atoms with Crippen molar-refractivity contribution in [2.24, 2.45) is 0 Å². The molecule has 20 heavy (non-hydrogen) atoms. The SMILES string of the molecule is Cc1ccc(CNC(CC(=O)O)c2ccccc2)cc1. The van der Waals surface area contributed by atoms with E-state index in [2.05, 4.69) is 36.5 Å². The lowest BCUT2D eigenvalue weighted by atomic mass is 10.0. The van der Waals surface area contributed by atoms with Crippen LogP contribution < -0.4 is 5.32 Å². The summed E-state index contributed by atoms with van der Waals surface area (Å²) in [7, 11) is 0. The topological polar surface area (TPSA) is 49.3 Å². The smallest absolute Gasteiger partial charge is 0.305 e. The molecule has 0 saturated carbocycles. The molecule has 2 aromatic rings. The van der Waals surface area contributed by atoms with Crippen LogP contribution in [-0.4, -0.2) is 11.1 Å². The maximum absolute atomic E-state index is 11.0. The quantitative estimate of drug-likeness (QED) is 0.846. The van der Waals surface area contributed by atoms with Gasteiger partial charge in [0.25, 0.3) is 0 Å². The van der Waals surface area contributed by atoms with Gasteiger partial charge in [-0.2, -0.15) is 0 Å². The van der Waals surface area contributed by atoms with Crippen LogP contribution in [0.5, 0.6) is 0 Å². The highest BCUT2D eigenvalue weighted by molar-refractivity contribution is 5.67. The average Bonchev–Trinajstić information content (AvgIpc) is 2.46. The fourth-order valence-electron chi connectivity index (χ4n) is 2.11. The number of rotatable bonds is 6. The van der Waals surface area contributed by atoms with Crippen molar-refractivity contribution in [2.75, 3.05) is 0 Å². The van der Waals surface area contributed by atoms with E-state index in [9.17, 15) is 4.79 Å². The Bertz CT molecular complexity index is 549. The predicted molar refractivity (Wildman–Crippen MR) is 79.5 cm³/mol. The van der Waals surface area contributed by atoms with Gasteiger partial charge >= 0.3 is 5.97 Å². The molecule has 0 aliphatic heterocycles. The average molecular weight is 269 g/mol. The second-order valence-electron chi connectivity index (χ2n) is 4.93. The molecule has 0 aromatic heterocycles. The van der Waals surface area contributed by atoms with E-state index < -0.39 is 5.97 Å². The van der Waals surface area contributed by atoms with E-state index in [0.717, 1.165) is 11.1 Å². The van der Waals surface area contributed by atoms with Crippen molar-refractivity contribution >= 4 is 5.97 Å². The van der Waals surface area contributed by atoms with E-state index in [1.165, 1.54) is 5.56 Å². The molecule has 1 unspecified atom stereocenters. The van der Waals surface area contributed by atoms with Crippen molar-refractivity contribution in [3.63, 3.8) is 0 Å². The van der Waals surface area contributed by atoms with Gasteiger partial charge in [-0.15, -0.1) is 0 Å². The molecule has 0 saturated heterocycles. The van der Waals surface area contributed by atoms with Gasteiger partial charge in [0.05, 0.1) is 6.42 Å². The summed E-state index contributed by atoms with van der Waals surface area (Å²) < 4.78 is 0. The zero-order valence-electron chi connectivity index (χ0n) is 11.5. The molecule has 0 aliphatic rings. The molecule has 0 heterocycles. The van der Waals surface area contributed by atoms with E-state index in [4.69, 9.17) is 5.11 Å². The minimum atomic E-state index is -0.796. The Morgan fingerprint density at radius 1 is 1.10 bits per heavy atom. The zero-order valence-corrected chi connectivity index (χ0v) is 11.5. The first-order valence-corrected chi connectivity index (χ1v) is 6.71. The van der Waals surface area contributed by atoms with Crippen LogP contribution in [0.1, 0.15) is 29.2 Å². The third-order valence-corrected chi connectivity index (χ3v) is 3.25. The molecule has 104 valence electrons. The molecule has 0 radical (unpaired) electrons. The number of carboxylic acids is 1. The second-order valence-corrected chi connectivity index (χ2v) is 4.93. The molecule has 0 fully saturated rings. The van der Waals surface area contributed by atoms with Gasteiger partial charge in [-0.3, -0.25) is 4.79 Å². The number of benzene rings is 2. The number of hydrogen-bond acceptors (Lipinski definition) is 2. The predicted octanol–water partition coefficient (Wildman–Crippen LogP) is 3.30. The maximum Gasteiger partial charge on any atom is 0.305 e. The molecule has 3 nitrogen and oxygen atoms in total. The van der Waals surface area contributed by atoms with Crippen LogP contribution in [0.25, 0.3) is 0 Å². The van der Waals surface area contributed by atoms with Crippen LogP contribution in [0.4, 0.5) is 0 Å². The van der Waals surface area contributed by atoms with E-state index in [0.29, 0.717) is 6.54 Å². The van der Waals surface area contributed by atoms with E-state index in [1.54, 1.807) is 0 Å². The Hall–Kier alpha value is -2.13. The molecule has 2 N–H and O–H groups in total. The summed E-state index contributed by atoms with van der Waals surface area (Å²) in [5.74, 6) is -0.796. The molecule has 2 rings (SSSR count). The van der Waals surface area contributed by atoms with Gasteiger partial charge < -0.3 is 10.4 Å². The molecule has 0 aliphatic carbocycles. The first-order valence-electron chi connectivity index (χ1n) is 6.71. The van der Waals surface area contributed by atoms with Gasteiger partial charge in [0.2, 0.25) is 0 Å². The van der Waals surface area contributed by atoms with Crippen LogP contribution in [0.2, 0.25) is 0 Å². The number of aliphatic carboxylic acids is 1. The summed E-state index contributed by atoms with van der Waals surface area (Å²) in [6.07, 6.45) is 0.0792. The van der Waals surface area contributed by atoms with Gasteiger partial charge in [-0.1, -0.05) is 60.2 Å². The number of carbonyl (C=O) groups is 1. The summed E-state index contributed by atoms with van der Waals surface area (Å²) in [4.78, 5) is 11.0. The normalized spacial score (nSPS) is 12.1. The van der Waals surface area contributed by atoms with Gasteiger partial charge in [-0.05, 0) is 18.1 Å². The number of nitrogens with one attached hydrogen (secondary N) is 1. The summed E-state index contributed by atoms with van der Waals surface area (Å²) >= 11 is 0. The van der Waals surface area contributed by atoms with Crippen molar-refractivity contribution in [3.8, 4) is 0 Å². The zero-order chi connectivity index (χ0) is 14.4. The molecule has 1 atom stereocenters. The minimum absolute atomic E-state index is 0.0792. The Morgan fingerprint density at radius 2 is 1.75 bits per heavy atom. The Labute approximate surface area is 119 Å². The largest absolute Gasteiger partial charge is 0.481 e. The summed E-state index contributed by atoms with van der Waals surface area (Å²) in [6.45, 7) is 2.71. The molecule has 0 bridgehead atoms. The fraction of sp³-hybridized carbons (Fsp3) is 0.235. The lowest BCUT2D eigenvalue weighted by Crippen LogP contribution is -2.23. The third kappa shape index (κ3) is 4.21. The first-order chi connectivity index (χ1) is 9.65. The highest BCUT2D eigenvalue weighted by Crippen LogP contribution is 2.17. The van der Waals surface area contributed by atoms with Gasteiger partial charge in [0.1, 0.15) is 0 Å². The summed E-state index contributed by atoms with van der Waals surface area (Å²) in [5, 5.41) is 12.4. The molecule has 0 amide bonds. The Balaban J connectivity index is 2.04. The molecular weight excluding hydrogens is 250 g/mol. The first kappa shape index (κ1) is 14.3. The number of carboxylic acid groups (broad SMARTS) is 1. The highest BCUT2D eigenvalue weighted by Gasteiger charge is 2.14. The van der Waals surface area contributed by atoms with Crippen molar-refractivity contribution in [2.45, 2.75) is 25.9 Å². The van der Waals surface area contributed by atoms with Crippen molar-refractivity contribution < 1.29 is 9.90 Å². The number of aryl methyl sites for hydroxylation is 1. The fourth-order valence-corrected chi connectivity index (χ4v) is 2.11. The number of hydrogen-bond donors (Lipinski definition) is 2. The standard InChI is InChI=1S/C17H19NO2/c1-13-7-9-14(10-8-13)12-18-16(11-17(19)20)15-5-3-2-4-6-15/h2-10,16,18H,11-12H2,1H3,(H,19,20). The summed E-state index contributed by atoms with van der Waals surface area (Å²) in [6, 6.07) is 17.8. The highest BCUT2D eigenvalue weighted by atomic mass is 16.4. The maximum atomic E-state index is 11.0. The van der Waals surface area contributed by atoms with Crippen LogP contribution >= 0.6 is 0 Å². The van der Waals surface area contributed by atoms with Gasteiger partial charge in [0, 0.05) is 12.6 Å². The molecular formula is C17H19NO2. The van der Waals surface area contributed by atoms with E-state index in [1.807, 2.05) is 30.3 Å². The molecule has 2 aromatic carbocycles. The monoisotopic (exact) mass is 269 g/mol. The van der Waals surface area contributed by atoms with Crippen molar-refractivity contribution in [1.29, 1.82) is 0 Å². The van der Waals surface area contributed by atoms with Crippen molar-refractivity contribution in [3.05, 3.63) is 71.3 Å². The summed E-state index contributed by atoms with van der Waals surface area (Å²) in [5.41, 5.74) is 3.38. The van der Waals surface area contributed by atoms with E-state index in [-0.39, 0.29) is 12.5 Å². The van der Waals surface area contributed by atoms with E-state index >= 15 is 0 Å². The van der Waals surface area contributed by atoms with Crippen LogP contribution in [0.3, 0.4) is 0 Å². The Morgan fingerprint density at radius 3 is 2.35 bits per heavy atom. The van der Waals surface area contributed by atoms with Crippen molar-refractivity contribution in [1.82, 2.24) is 5.32 Å². The van der Waals surface area contributed by atoms with Crippen LogP contribution in [-0.2, 0) is 11.3 Å². The Kier molecular flexibility index (Phi) is 4.91. The lowest BCUT2D eigenvalue weighted by Gasteiger charge is -2.17. The van der Waals surface area contributed by atoms with Gasteiger partial charge in [0.15, 0.2) is 0 Å². The lowest BCUT2D eigenvalue weighted by molar-refractivity contribution is -0.137. The third-order valence-electron chi connectivity index (χ3n) is 3.25. The van der Waals surface area contributed by atoms with Crippen LogP contribution in [0.15, 0.2) is 54.6 Å². The minimum Gasteiger partial charge on any atom is -0.481 e.